The van der Waals surface area contributed by atoms with Gasteiger partial charge >= 0.3 is 5.97 Å². The molecule has 2 aliphatic rings. The lowest BCUT2D eigenvalue weighted by atomic mass is 10.1. The molecule has 1 heterocycles. The van der Waals surface area contributed by atoms with Gasteiger partial charge in [-0.15, -0.1) is 0 Å². The molecule has 0 saturated heterocycles. The van der Waals surface area contributed by atoms with E-state index in [9.17, 15) is 22.8 Å². The first kappa shape index (κ1) is 23.7. The Kier molecular flexibility index (Phi) is 6.58. The number of para-hydroxylation sites is 2. The molecule has 1 aliphatic heterocycles. The van der Waals surface area contributed by atoms with Crippen LogP contribution in [0.4, 0.5) is 11.4 Å². The van der Waals surface area contributed by atoms with E-state index in [0.29, 0.717) is 11.4 Å². The highest BCUT2D eigenvalue weighted by Crippen LogP contribution is 2.32. The summed E-state index contributed by atoms with van der Waals surface area (Å²) in [6.45, 7) is 1.15. The Morgan fingerprint density at radius 2 is 1.91 bits per heavy atom. The number of nitrogens with zero attached hydrogens (tertiary/aromatic N) is 1. The van der Waals surface area contributed by atoms with Gasteiger partial charge in [0.05, 0.1) is 24.0 Å². The van der Waals surface area contributed by atoms with Crippen LogP contribution in [0.1, 0.15) is 36.5 Å². The molecular weight excluding hydrogens is 462 g/mol. The molecule has 2 N–H and O–H groups in total. The predicted octanol–water partition coefficient (Wildman–Crippen LogP) is 2.06. The summed E-state index contributed by atoms with van der Waals surface area (Å²) in [6, 6.07) is 10.2. The topological polar surface area (TPSA) is 131 Å². The van der Waals surface area contributed by atoms with Crippen LogP contribution in [0.2, 0.25) is 0 Å². The third-order valence-electron chi connectivity index (χ3n) is 5.54. The highest BCUT2D eigenvalue weighted by atomic mass is 32.2. The Morgan fingerprint density at radius 3 is 2.62 bits per heavy atom. The molecular formula is C23H25N3O7S. The molecule has 11 heteroatoms. The predicted molar refractivity (Wildman–Crippen MR) is 123 cm³/mol. The van der Waals surface area contributed by atoms with Crippen LogP contribution in [0, 0.1) is 0 Å². The number of anilines is 2. The van der Waals surface area contributed by atoms with Crippen molar-refractivity contribution in [1.29, 1.82) is 0 Å². The van der Waals surface area contributed by atoms with Crippen molar-refractivity contribution in [3.05, 3.63) is 48.0 Å². The van der Waals surface area contributed by atoms with E-state index in [0.717, 1.165) is 12.8 Å². The number of esters is 1. The van der Waals surface area contributed by atoms with Gasteiger partial charge < -0.3 is 19.7 Å². The number of carbonyl (C=O) groups is 3. The van der Waals surface area contributed by atoms with Crippen LogP contribution < -0.4 is 19.7 Å². The van der Waals surface area contributed by atoms with Crippen molar-refractivity contribution in [3.8, 4) is 5.75 Å². The third-order valence-corrected chi connectivity index (χ3v) is 7.08. The molecule has 1 atom stereocenters. The molecule has 1 saturated carbocycles. The number of sulfonamides is 1. The number of hydrogen-bond donors (Lipinski definition) is 2. The largest absolute Gasteiger partial charge is 0.495 e. The van der Waals surface area contributed by atoms with Crippen molar-refractivity contribution in [3.63, 3.8) is 0 Å². The lowest BCUT2D eigenvalue weighted by Crippen LogP contribution is -2.41. The fourth-order valence-corrected chi connectivity index (χ4v) is 5.25. The van der Waals surface area contributed by atoms with Crippen LogP contribution in [0.25, 0.3) is 0 Å². The van der Waals surface area contributed by atoms with E-state index in [4.69, 9.17) is 9.47 Å². The normalized spacial score (nSPS) is 17.9. The van der Waals surface area contributed by atoms with Gasteiger partial charge in [0.25, 0.3) is 5.91 Å². The van der Waals surface area contributed by atoms with Crippen LogP contribution in [-0.4, -0.2) is 52.0 Å². The molecule has 0 aromatic heterocycles. The van der Waals surface area contributed by atoms with Gasteiger partial charge in [-0.05, 0) is 50.1 Å². The summed E-state index contributed by atoms with van der Waals surface area (Å²) in [5.41, 5.74) is 0.960. The fraction of sp³-hybridized carbons (Fsp3) is 0.348. The Hall–Kier alpha value is -3.44. The molecule has 180 valence electrons. The average Bonchev–Trinajstić information content (AvgIpc) is 3.62. The minimum absolute atomic E-state index is 0.0362. The van der Waals surface area contributed by atoms with Crippen LogP contribution in [0.3, 0.4) is 0 Å². The van der Waals surface area contributed by atoms with Crippen LogP contribution in [0.15, 0.2) is 47.4 Å². The molecule has 1 fully saturated rings. The number of nitrogens with one attached hydrogen (secondary N) is 2. The number of amides is 2. The first-order valence-electron chi connectivity index (χ1n) is 10.8. The molecule has 34 heavy (non-hydrogen) atoms. The van der Waals surface area contributed by atoms with Crippen molar-refractivity contribution >= 4 is 39.2 Å². The second kappa shape index (κ2) is 9.43. The monoisotopic (exact) mass is 487 g/mol. The Balaban J connectivity index is 1.51. The summed E-state index contributed by atoms with van der Waals surface area (Å²) in [4.78, 5) is 39.0. The average molecular weight is 488 g/mol. The third kappa shape index (κ3) is 5.05. The summed E-state index contributed by atoms with van der Waals surface area (Å²) in [7, 11) is -2.56. The molecule has 0 radical (unpaired) electrons. The number of carbonyl (C=O) groups excluding carboxylic acids is 3. The van der Waals surface area contributed by atoms with E-state index < -0.39 is 34.5 Å². The smallest absolute Gasteiger partial charge is 0.338 e. The van der Waals surface area contributed by atoms with E-state index >= 15 is 0 Å². The highest BCUT2D eigenvalue weighted by Gasteiger charge is 2.32. The molecule has 10 nitrogen and oxygen atoms in total. The number of methoxy groups -OCH3 is 1. The first-order valence-corrected chi connectivity index (χ1v) is 12.3. The summed E-state index contributed by atoms with van der Waals surface area (Å²) in [6.07, 6.45) is 1.59. The zero-order valence-electron chi connectivity index (χ0n) is 18.7. The molecule has 0 bridgehead atoms. The zero-order valence-corrected chi connectivity index (χ0v) is 19.6. The molecule has 4 rings (SSSR count). The van der Waals surface area contributed by atoms with Gasteiger partial charge in [0.2, 0.25) is 15.9 Å². The van der Waals surface area contributed by atoms with Gasteiger partial charge in [-0.25, -0.2) is 17.9 Å². The molecule has 1 aliphatic carbocycles. The molecule has 0 unspecified atom stereocenters. The molecule has 2 amide bonds. The number of hydrogen-bond acceptors (Lipinski definition) is 7. The van der Waals surface area contributed by atoms with Crippen molar-refractivity contribution < 1.29 is 32.3 Å². The Morgan fingerprint density at radius 1 is 1.18 bits per heavy atom. The van der Waals surface area contributed by atoms with E-state index in [-0.39, 0.29) is 34.6 Å². The zero-order chi connectivity index (χ0) is 24.5. The standard InChI is InChI=1S/C23H25N3O7S/c1-14-11-21(27)24-17-5-3-4-6-18(17)26(14)22(28)13-33-23(29)15-7-10-19(32-2)20(12-15)34(30,31)25-16-8-9-16/h3-7,10,12,14,16,25H,8-9,11,13H2,1-2H3,(H,24,27)/t14-/m1/s1. The lowest BCUT2D eigenvalue weighted by Gasteiger charge is -2.27. The molecule has 2 aromatic carbocycles. The van der Waals surface area contributed by atoms with Crippen LogP contribution >= 0.6 is 0 Å². The van der Waals surface area contributed by atoms with Crippen molar-refractivity contribution in [2.75, 3.05) is 23.9 Å². The Labute approximate surface area is 197 Å². The molecule has 2 aromatic rings. The summed E-state index contributed by atoms with van der Waals surface area (Å²) in [5, 5.41) is 2.76. The maximum atomic E-state index is 13.0. The number of rotatable bonds is 7. The SMILES string of the molecule is COc1ccc(C(=O)OCC(=O)N2c3ccccc3NC(=O)C[C@H]2C)cc1S(=O)(=O)NC1CC1. The van der Waals surface area contributed by atoms with Crippen molar-refractivity contribution in [2.45, 2.75) is 43.2 Å². The van der Waals surface area contributed by atoms with Crippen molar-refractivity contribution in [2.24, 2.45) is 0 Å². The van der Waals surface area contributed by atoms with E-state index in [2.05, 4.69) is 10.0 Å². The van der Waals surface area contributed by atoms with Gasteiger partial charge in [-0.2, -0.15) is 0 Å². The summed E-state index contributed by atoms with van der Waals surface area (Å²) in [5.74, 6) is -1.50. The minimum Gasteiger partial charge on any atom is -0.495 e. The first-order chi connectivity index (χ1) is 16.2. The number of ether oxygens (including phenoxy) is 2. The number of benzene rings is 2. The van der Waals surface area contributed by atoms with Gasteiger partial charge in [0.15, 0.2) is 6.61 Å². The van der Waals surface area contributed by atoms with E-state index in [1.165, 1.54) is 30.2 Å². The second-order valence-corrected chi connectivity index (χ2v) is 9.90. The van der Waals surface area contributed by atoms with Crippen LogP contribution in [0.5, 0.6) is 5.75 Å². The maximum Gasteiger partial charge on any atom is 0.338 e. The van der Waals surface area contributed by atoms with Gasteiger partial charge in [-0.3, -0.25) is 9.59 Å². The van der Waals surface area contributed by atoms with Gasteiger partial charge in [-0.1, -0.05) is 12.1 Å². The van der Waals surface area contributed by atoms with Crippen LogP contribution in [-0.2, 0) is 24.3 Å². The molecule has 0 spiro atoms. The van der Waals surface area contributed by atoms with Gasteiger partial charge in [0, 0.05) is 18.5 Å². The maximum absolute atomic E-state index is 13.0. The second-order valence-electron chi connectivity index (χ2n) is 8.22. The fourth-order valence-electron chi connectivity index (χ4n) is 3.75. The Bertz CT molecular complexity index is 1240. The lowest BCUT2D eigenvalue weighted by molar-refractivity contribution is -0.122. The highest BCUT2D eigenvalue weighted by molar-refractivity contribution is 7.89. The quantitative estimate of drug-likeness (QED) is 0.572. The van der Waals surface area contributed by atoms with E-state index in [1.807, 2.05) is 0 Å². The van der Waals surface area contributed by atoms with Gasteiger partial charge in [0.1, 0.15) is 10.6 Å². The summed E-state index contributed by atoms with van der Waals surface area (Å²) >= 11 is 0. The van der Waals surface area contributed by atoms with Crippen molar-refractivity contribution in [1.82, 2.24) is 4.72 Å². The summed E-state index contributed by atoms with van der Waals surface area (Å²) < 4.78 is 38.3. The van der Waals surface area contributed by atoms with E-state index in [1.54, 1.807) is 31.2 Å². The minimum atomic E-state index is -3.89. The number of fused-ring (bicyclic) bond motifs is 1.